The molecular weight excluding hydrogens is 413 g/mol. The number of hydrogen-bond donors (Lipinski definition) is 0. The number of nitrogens with zero attached hydrogens (tertiary/aromatic N) is 1. The van der Waals surface area contributed by atoms with Crippen molar-refractivity contribution in [2.24, 2.45) is 0 Å². The van der Waals surface area contributed by atoms with E-state index in [1.54, 1.807) is 6.92 Å². The Balaban J connectivity index is 2.61. The summed E-state index contributed by atoms with van der Waals surface area (Å²) < 4.78 is 11.8. The average molecular weight is 422 g/mol. The second-order valence-corrected chi connectivity index (χ2v) is 5.68. The van der Waals surface area contributed by atoms with Gasteiger partial charge < -0.3 is 9.26 Å². The fourth-order valence-electron chi connectivity index (χ4n) is 1.58. The third kappa shape index (κ3) is 2.44. The molecule has 0 saturated carbocycles. The third-order valence-corrected chi connectivity index (χ3v) is 3.77. The van der Waals surface area contributed by atoms with E-state index in [0.717, 1.165) is 13.6 Å². The molecule has 0 saturated heterocycles. The summed E-state index contributed by atoms with van der Waals surface area (Å²) in [6, 6.07) is 5.77. The Labute approximate surface area is 126 Å². The monoisotopic (exact) mass is 421 g/mol. The van der Waals surface area contributed by atoms with Crippen LogP contribution in [0.15, 0.2) is 27.2 Å². The summed E-state index contributed by atoms with van der Waals surface area (Å²) in [6.07, 6.45) is 0. The topological polar surface area (TPSA) is 52.3 Å². The first-order chi connectivity index (χ1) is 8.54. The second kappa shape index (κ2) is 5.40. The maximum atomic E-state index is 11.7. The Bertz CT molecular complexity index is 609. The van der Waals surface area contributed by atoms with Gasteiger partial charge in [0.2, 0.25) is 0 Å². The highest BCUT2D eigenvalue weighted by Crippen LogP contribution is 2.32. The molecule has 94 valence electrons. The van der Waals surface area contributed by atoms with E-state index in [0.29, 0.717) is 17.0 Å². The number of aromatic nitrogens is 1. The Morgan fingerprint density at radius 2 is 2.22 bits per heavy atom. The Kier molecular flexibility index (Phi) is 4.06. The van der Waals surface area contributed by atoms with Crippen molar-refractivity contribution >= 4 is 44.5 Å². The number of hydrogen-bond acceptors (Lipinski definition) is 4. The summed E-state index contributed by atoms with van der Waals surface area (Å²) in [7, 11) is 1.33. The van der Waals surface area contributed by atoms with E-state index in [2.05, 4.69) is 43.7 Å². The molecule has 0 bridgehead atoms. The van der Waals surface area contributed by atoms with Gasteiger partial charge in [-0.3, -0.25) is 0 Å². The van der Waals surface area contributed by atoms with Crippen molar-refractivity contribution in [3.63, 3.8) is 0 Å². The number of esters is 1. The summed E-state index contributed by atoms with van der Waals surface area (Å²) in [5, 5.41) is 3.94. The molecular formula is C12H9BrINO3. The molecule has 6 heteroatoms. The zero-order valence-corrected chi connectivity index (χ0v) is 13.4. The van der Waals surface area contributed by atoms with Crippen LogP contribution < -0.4 is 0 Å². The maximum Gasteiger partial charge on any atom is 0.343 e. The molecule has 1 aromatic carbocycles. The summed E-state index contributed by atoms with van der Waals surface area (Å²) in [5.41, 5.74) is 1.65. The van der Waals surface area contributed by atoms with Gasteiger partial charge in [0.05, 0.1) is 7.11 Å². The number of methoxy groups -OCH3 is 1. The predicted molar refractivity (Wildman–Crippen MR) is 78.4 cm³/mol. The first kappa shape index (κ1) is 13.5. The van der Waals surface area contributed by atoms with Crippen LogP contribution in [0.4, 0.5) is 0 Å². The van der Waals surface area contributed by atoms with Crippen molar-refractivity contribution in [1.82, 2.24) is 5.16 Å². The molecule has 0 fully saturated rings. The van der Waals surface area contributed by atoms with Gasteiger partial charge in [0, 0.05) is 13.6 Å². The highest BCUT2D eigenvalue weighted by Gasteiger charge is 2.23. The van der Waals surface area contributed by atoms with Crippen LogP contribution >= 0.6 is 38.5 Å². The zero-order valence-electron chi connectivity index (χ0n) is 9.66. The van der Waals surface area contributed by atoms with Gasteiger partial charge >= 0.3 is 5.97 Å². The number of rotatable bonds is 2. The van der Waals surface area contributed by atoms with E-state index in [4.69, 9.17) is 9.26 Å². The molecule has 18 heavy (non-hydrogen) atoms. The van der Waals surface area contributed by atoms with Crippen molar-refractivity contribution < 1.29 is 14.1 Å². The first-order valence-electron chi connectivity index (χ1n) is 5.04. The van der Waals surface area contributed by atoms with E-state index in [-0.39, 0.29) is 0 Å². The van der Waals surface area contributed by atoms with Gasteiger partial charge in [0.1, 0.15) is 17.0 Å². The van der Waals surface area contributed by atoms with E-state index < -0.39 is 5.97 Å². The molecule has 0 unspecified atom stereocenters. The quantitative estimate of drug-likeness (QED) is 0.546. The smallest absolute Gasteiger partial charge is 0.343 e. The summed E-state index contributed by atoms with van der Waals surface area (Å²) in [5.74, 6) is -0.00324. The number of carbonyl (C=O) groups is 1. The lowest BCUT2D eigenvalue weighted by atomic mass is 10.1. The minimum Gasteiger partial charge on any atom is -0.465 e. The minimum absolute atomic E-state index is 0.361. The Morgan fingerprint density at radius 3 is 2.83 bits per heavy atom. The van der Waals surface area contributed by atoms with E-state index >= 15 is 0 Å². The number of benzene rings is 1. The molecule has 0 aliphatic carbocycles. The maximum absolute atomic E-state index is 11.7. The van der Waals surface area contributed by atoms with Crippen molar-refractivity contribution in [1.29, 1.82) is 0 Å². The lowest BCUT2D eigenvalue weighted by Gasteiger charge is -2.03. The molecule has 0 aliphatic heterocycles. The molecule has 2 rings (SSSR count). The van der Waals surface area contributed by atoms with Gasteiger partial charge in [-0.15, -0.1) is 0 Å². The van der Waals surface area contributed by atoms with Crippen molar-refractivity contribution in [2.45, 2.75) is 6.92 Å². The normalized spacial score (nSPS) is 10.4. The Hall–Kier alpha value is -0.890. The van der Waals surface area contributed by atoms with Gasteiger partial charge in [-0.1, -0.05) is 27.2 Å². The first-order valence-corrected chi connectivity index (χ1v) is 6.91. The highest BCUT2D eigenvalue weighted by atomic mass is 127. The van der Waals surface area contributed by atoms with Crippen LogP contribution in [0, 0.1) is 10.5 Å². The summed E-state index contributed by atoms with van der Waals surface area (Å²) >= 11 is 5.67. The molecule has 1 heterocycles. The van der Waals surface area contributed by atoms with Crippen LogP contribution in [0.5, 0.6) is 0 Å². The predicted octanol–water partition coefficient (Wildman–Crippen LogP) is 3.80. The van der Waals surface area contributed by atoms with E-state index in [9.17, 15) is 4.79 Å². The number of ether oxygens (including phenoxy) is 1. The number of aryl methyl sites for hydroxylation is 1. The molecule has 1 aromatic heterocycles. The minimum atomic E-state index is -0.450. The van der Waals surface area contributed by atoms with Crippen LogP contribution in [-0.2, 0) is 4.74 Å². The molecule has 0 atom stereocenters. The van der Waals surface area contributed by atoms with Gasteiger partial charge in [-0.25, -0.2) is 4.79 Å². The third-order valence-electron chi connectivity index (χ3n) is 2.44. The van der Waals surface area contributed by atoms with Crippen LogP contribution in [0.1, 0.15) is 16.1 Å². The fraction of sp³-hybridized carbons (Fsp3) is 0.167. The van der Waals surface area contributed by atoms with Crippen molar-refractivity contribution in [3.8, 4) is 11.3 Å². The summed E-state index contributed by atoms with van der Waals surface area (Å²) in [4.78, 5) is 11.7. The van der Waals surface area contributed by atoms with Crippen LogP contribution in [0.2, 0.25) is 0 Å². The highest BCUT2D eigenvalue weighted by molar-refractivity contribution is 14.1. The fourth-order valence-corrected chi connectivity index (χ4v) is 3.07. The van der Waals surface area contributed by atoms with Crippen LogP contribution in [-0.4, -0.2) is 18.2 Å². The Morgan fingerprint density at radius 1 is 1.50 bits per heavy atom. The molecule has 4 nitrogen and oxygen atoms in total. The van der Waals surface area contributed by atoms with Crippen molar-refractivity contribution in [2.75, 3.05) is 7.11 Å². The van der Waals surface area contributed by atoms with Gasteiger partial charge in [-0.05, 0) is 41.6 Å². The van der Waals surface area contributed by atoms with Gasteiger partial charge in [-0.2, -0.15) is 0 Å². The molecule has 0 aliphatic rings. The van der Waals surface area contributed by atoms with E-state index in [1.165, 1.54) is 7.11 Å². The molecule has 0 spiro atoms. The van der Waals surface area contributed by atoms with Gasteiger partial charge in [0.15, 0.2) is 0 Å². The largest absolute Gasteiger partial charge is 0.465 e. The lowest BCUT2D eigenvalue weighted by molar-refractivity contribution is 0.0599. The number of carbonyl (C=O) groups excluding carboxylic acids is 1. The van der Waals surface area contributed by atoms with Crippen LogP contribution in [0.25, 0.3) is 11.3 Å². The van der Waals surface area contributed by atoms with E-state index in [1.807, 2.05) is 18.2 Å². The molecule has 2 aromatic rings. The van der Waals surface area contributed by atoms with Crippen molar-refractivity contribution in [3.05, 3.63) is 37.6 Å². The summed E-state index contributed by atoms with van der Waals surface area (Å²) in [6.45, 7) is 1.68. The molecule has 0 radical (unpaired) electrons. The SMILES string of the molecule is COC(=O)c1c(-c2ccc(I)cc2Br)noc1C. The lowest BCUT2D eigenvalue weighted by Crippen LogP contribution is -2.03. The molecule has 0 N–H and O–H groups in total. The zero-order chi connectivity index (χ0) is 13.3. The number of halogens is 2. The van der Waals surface area contributed by atoms with Gasteiger partial charge in [0.25, 0.3) is 0 Å². The average Bonchev–Trinajstić information content (AvgIpc) is 2.70. The molecule has 0 amide bonds. The van der Waals surface area contributed by atoms with Crippen LogP contribution in [0.3, 0.4) is 0 Å². The standard InChI is InChI=1S/C12H9BrINO3/c1-6-10(12(16)17-2)11(15-18-6)8-4-3-7(14)5-9(8)13/h3-5H,1-2H3. The second-order valence-electron chi connectivity index (χ2n) is 3.58.